The summed E-state index contributed by atoms with van der Waals surface area (Å²) < 4.78 is 33.4. The number of hydrogen-bond donors (Lipinski definition) is 2. The number of aromatic nitrogens is 2. The molecule has 2 aliphatic heterocycles. The number of anilines is 2. The van der Waals surface area contributed by atoms with Gasteiger partial charge in [-0.2, -0.15) is 8.42 Å². The van der Waals surface area contributed by atoms with Crippen LogP contribution in [0.2, 0.25) is 0 Å². The van der Waals surface area contributed by atoms with Crippen LogP contribution in [0.25, 0.3) is 0 Å². The minimum absolute atomic E-state index is 0.0551. The quantitative estimate of drug-likeness (QED) is 0.678. The topological polar surface area (TPSA) is 128 Å². The van der Waals surface area contributed by atoms with Crippen molar-refractivity contribution in [1.29, 1.82) is 0 Å². The number of nitrogens with one attached hydrogen (secondary N) is 1. The number of nitrogens with two attached hydrogens (primary N) is 1. The smallest absolute Gasteiger partial charge is 0.281 e. The SMILES string of the molecule is C[C@@H]1CN(c2nc(C3CCCOC3)ccc2C(=O)NS(=O)(=O)c2cccc(N)n2)C(C)(C)C1. The lowest BCUT2D eigenvalue weighted by Gasteiger charge is -2.34. The Morgan fingerprint density at radius 1 is 1.24 bits per heavy atom. The molecule has 2 aromatic rings. The Kier molecular flexibility index (Phi) is 6.32. The molecule has 33 heavy (non-hydrogen) atoms. The number of carbonyl (C=O) groups excluding carboxylic acids is 1. The van der Waals surface area contributed by atoms with Crippen LogP contribution in [0, 0.1) is 5.92 Å². The molecule has 2 aliphatic rings. The Labute approximate surface area is 194 Å². The van der Waals surface area contributed by atoms with Crippen molar-refractivity contribution in [1.82, 2.24) is 14.7 Å². The van der Waals surface area contributed by atoms with Gasteiger partial charge in [-0.15, -0.1) is 0 Å². The van der Waals surface area contributed by atoms with E-state index < -0.39 is 15.9 Å². The zero-order chi connectivity index (χ0) is 23.8. The fraction of sp³-hybridized carbons (Fsp3) is 0.522. The van der Waals surface area contributed by atoms with E-state index in [9.17, 15) is 13.2 Å². The second kappa shape index (κ2) is 8.90. The van der Waals surface area contributed by atoms with Crippen LogP contribution >= 0.6 is 0 Å². The van der Waals surface area contributed by atoms with E-state index in [1.165, 1.54) is 18.2 Å². The van der Waals surface area contributed by atoms with E-state index in [0.717, 1.165) is 38.1 Å². The van der Waals surface area contributed by atoms with Crippen molar-refractivity contribution in [2.24, 2.45) is 5.92 Å². The number of pyridine rings is 2. The largest absolute Gasteiger partial charge is 0.384 e. The van der Waals surface area contributed by atoms with Crippen molar-refractivity contribution >= 4 is 27.6 Å². The second-order valence-electron chi connectivity index (χ2n) is 9.59. The predicted molar refractivity (Wildman–Crippen MR) is 126 cm³/mol. The van der Waals surface area contributed by atoms with E-state index in [1.807, 2.05) is 0 Å². The fourth-order valence-corrected chi connectivity index (χ4v) is 5.76. The van der Waals surface area contributed by atoms with Crippen molar-refractivity contribution in [3.05, 3.63) is 41.6 Å². The number of sulfonamides is 1. The van der Waals surface area contributed by atoms with Gasteiger partial charge in [-0.1, -0.05) is 13.0 Å². The Bertz CT molecular complexity index is 1150. The van der Waals surface area contributed by atoms with E-state index in [-0.39, 0.29) is 27.9 Å². The van der Waals surface area contributed by atoms with Gasteiger partial charge in [0.05, 0.1) is 12.2 Å². The van der Waals surface area contributed by atoms with Gasteiger partial charge >= 0.3 is 0 Å². The molecule has 1 unspecified atom stereocenters. The monoisotopic (exact) mass is 473 g/mol. The number of hydrogen-bond acceptors (Lipinski definition) is 8. The maximum absolute atomic E-state index is 13.2. The maximum atomic E-state index is 13.2. The van der Waals surface area contributed by atoms with Crippen LogP contribution in [0.3, 0.4) is 0 Å². The Hall–Kier alpha value is -2.72. The lowest BCUT2D eigenvalue weighted by Crippen LogP contribution is -2.41. The molecule has 1 amide bonds. The van der Waals surface area contributed by atoms with Gasteiger partial charge in [0, 0.05) is 30.3 Å². The molecular weight excluding hydrogens is 442 g/mol. The van der Waals surface area contributed by atoms with Gasteiger partial charge in [-0.3, -0.25) is 4.79 Å². The first-order chi connectivity index (χ1) is 15.6. The van der Waals surface area contributed by atoms with Crippen LogP contribution in [0.15, 0.2) is 35.4 Å². The van der Waals surface area contributed by atoms with Crippen molar-refractivity contribution in [2.75, 3.05) is 30.4 Å². The summed E-state index contributed by atoms with van der Waals surface area (Å²) in [7, 11) is -4.20. The zero-order valence-corrected chi connectivity index (χ0v) is 20.1. The van der Waals surface area contributed by atoms with Gasteiger partial charge in [0.15, 0.2) is 5.03 Å². The fourth-order valence-electron chi connectivity index (χ4n) is 4.82. The van der Waals surface area contributed by atoms with E-state index in [0.29, 0.717) is 18.3 Å². The normalized spacial score (nSPS) is 22.8. The summed E-state index contributed by atoms with van der Waals surface area (Å²) in [6.07, 6.45) is 2.87. The summed E-state index contributed by atoms with van der Waals surface area (Å²) in [6.45, 7) is 8.46. The third kappa shape index (κ3) is 4.96. The van der Waals surface area contributed by atoms with Crippen LogP contribution < -0.4 is 15.4 Å². The first kappa shape index (κ1) is 23.4. The molecule has 0 saturated carbocycles. The molecule has 178 valence electrons. The lowest BCUT2D eigenvalue weighted by molar-refractivity contribution is 0.0793. The van der Waals surface area contributed by atoms with Gasteiger partial charge in [-0.25, -0.2) is 14.7 Å². The average Bonchev–Trinajstić information content (AvgIpc) is 3.05. The Balaban J connectivity index is 1.71. The summed E-state index contributed by atoms with van der Waals surface area (Å²) in [5.41, 5.74) is 6.47. The standard InChI is InChI=1S/C23H31N5O4S/c1-15-12-23(2,3)28(13-15)21-17(9-10-18(25-21)16-6-5-11-32-14-16)22(29)27-33(30,31)20-8-4-7-19(24)26-20/h4,7-10,15-16H,5-6,11-14H2,1-3H3,(H2,24,26)(H,27,29)/t15-,16?/m0/s1. The molecule has 10 heteroatoms. The molecular formula is C23H31N5O4S. The molecule has 0 aromatic carbocycles. The molecule has 0 radical (unpaired) electrons. The number of nitrogens with zero attached hydrogens (tertiary/aromatic N) is 3. The predicted octanol–water partition coefficient (Wildman–Crippen LogP) is 2.70. The van der Waals surface area contributed by atoms with Crippen molar-refractivity contribution in [2.45, 2.75) is 56.5 Å². The summed E-state index contributed by atoms with van der Waals surface area (Å²) >= 11 is 0. The summed E-state index contributed by atoms with van der Waals surface area (Å²) in [6, 6.07) is 7.72. The zero-order valence-electron chi connectivity index (χ0n) is 19.2. The molecule has 9 nitrogen and oxygen atoms in total. The van der Waals surface area contributed by atoms with E-state index in [1.54, 1.807) is 12.1 Å². The minimum atomic E-state index is -4.20. The first-order valence-corrected chi connectivity index (χ1v) is 12.7. The molecule has 0 bridgehead atoms. The van der Waals surface area contributed by atoms with Crippen LogP contribution in [0.5, 0.6) is 0 Å². The summed E-state index contributed by atoms with van der Waals surface area (Å²) in [5.74, 6) is 0.376. The molecule has 0 spiro atoms. The van der Waals surface area contributed by atoms with E-state index >= 15 is 0 Å². The van der Waals surface area contributed by atoms with Gasteiger partial charge in [0.2, 0.25) is 0 Å². The molecule has 4 rings (SSSR count). The molecule has 2 saturated heterocycles. The number of amides is 1. The molecule has 2 fully saturated rings. The maximum Gasteiger partial charge on any atom is 0.281 e. The molecule has 2 atom stereocenters. The van der Waals surface area contributed by atoms with Crippen molar-refractivity contribution in [3.63, 3.8) is 0 Å². The first-order valence-electron chi connectivity index (χ1n) is 11.2. The second-order valence-corrected chi connectivity index (χ2v) is 11.2. The number of carbonyl (C=O) groups is 1. The van der Waals surface area contributed by atoms with Gasteiger partial charge in [0.25, 0.3) is 15.9 Å². The van der Waals surface area contributed by atoms with Crippen molar-refractivity contribution < 1.29 is 17.9 Å². The van der Waals surface area contributed by atoms with Gasteiger partial charge < -0.3 is 15.4 Å². The van der Waals surface area contributed by atoms with Crippen LogP contribution in [-0.4, -0.2) is 49.6 Å². The minimum Gasteiger partial charge on any atom is -0.384 e. The summed E-state index contributed by atoms with van der Waals surface area (Å²) in [4.78, 5) is 24.1. The third-order valence-electron chi connectivity index (χ3n) is 6.30. The third-order valence-corrected chi connectivity index (χ3v) is 7.53. The van der Waals surface area contributed by atoms with Gasteiger partial charge in [0.1, 0.15) is 11.6 Å². The van der Waals surface area contributed by atoms with Crippen LogP contribution in [0.1, 0.15) is 62.0 Å². The highest BCUT2D eigenvalue weighted by molar-refractivity contribution is 7.90. The summed E-state index contributed by atoms with van der Waals surface area (Å²) in [5, 5.41) is -0.309. The molecule has 2 aromatic heterocycles. The van der Waals surface area contributed by atoms with Crippen LogP contribution in [0.4, 0.5) is 11.6 Å². The Morgan fingerprint density at radius 2 is 2.03 bits per heavy atom. The highest BCUT2D eigenvalue weighted by Crippen LogP contribution is 2.38. The highest BCUT2D eigenvalue weighted by Gasteiger charge is 2.39. The average molecular weight is 474 g/mol. The van der Waals surface area contributed by atoms with Crippen molar-refractivity contribution in [3.8, 4) is 0 Å². The highest BCUT2D eigenvalue weighted by atomic mass is 32.2. The lowest BCUT2D eigenvalue weighted by atomic mass is 9.96. The molecule has 4 heterocycles. The van der Waals surface area contributed by atoms with E-state index in [2.05, 4.69) is 35.4 Å². The number of ether oxygens (including phenoxy) is 1. The molecule has 0 aliphatic carbocycles. The van der Waals surface area contributed by atoms with Gasteiger partial charge in [-0.05, 0) is 63.3 Å². The van der Waals surface area contributed by atoms with E-state index in [4.69, 9.17) is 15.5 Å². The molecule has 3 N–H and O–H groups in total. The Morgan fingerprint density at radius 3 is 2.67 bits per heavy atom. The number of nitrogen functional groups attached to an aromatic ring is 1. The van der Waals surface area contributed by atoms with Crippen LogP contribution in [-0.2, 0) is 14.8 Å². The number of rotatable bonds is 5.